The number of anilines is 2. The molecule has 36 heavy (non-hydrogen) atoms. The van der Waals surface area contributed by atoms with Crippen LogP contribution in [0, 0.1) is 0 Å². The van der Waals surface area contributed by atoms with E-state index in [9.17, 15) is 0 Å². The molecule has 3 rings (SSSR count). The van der Waals surface area contributed by atoms with Crippen molar-refractivity contribution in [1.82, 2.24) is 15.3 Å². The summed E-state index contributed by atoms with van der Waals surface area (Å²) in [7, 11) is 1.59. The van der Waals surface area contributed by atoms with Crippen LogP contribution in [0.1, 0.15) is 46.5 Å². The van der Waals surface area contributed by atoms with Crippen LogP contribution in [-0.2, 0) is 4.74 Å². The second kappa shape index (κ2) is 17.2. The Morgan fingerprint density at radius 2 is 1.81 bits per heavy atom. The molecule has 0 amide bonds. The number of benzene rings is 1. The van der Waals surface area contributed by atoms with Crippen molar-refractivity contribution in [2.24, 2.45) is 0 Å². The van der Waals surface area contributed by atoms with E-state index in [-0.39, 0.29) is 6.10 Å². The molecule has 1 aliphatic carbocycles. The van der Waals surface area contributed by atoms with E-state index in [2.05, 4.69) is 20.6 Å². The van der Waals surface area contributed by atoms with Gasteiger partial charge in [-0.1, -0.05) is 49.9 Å². The zero-order chi connectivity index (χ0) is 26.2. The lowest BCUT2D eigenvalue weighted by atomic mass is 10.2. The van der Waals surface area contributed by atoms with Gasteiger partial charge in [0.2, 0.25) is 0 Å². The van der Waals surface area contributed by atoms with Crippen molar-refractivity contribution >= 4 is 34.7 Å². The molecule has 1 fully saturated rings. The summed E-state index contributed by atoms with van der Waals surface area (Å²) >= 11 is 12.1. The quantitative estimate of drug-likeness (QED) is 0.320. The van der Waals surface area contributed by atoms with Gasteiger partial charge in [0.05, 0.1) is 17.2 Å². The summed E-state index contributed by atoms with van der Waals surface area (Å²) in [5.74, 6) is 1.63. The van der Waals surface area contributed by atoms with Gasteiger partial charge in [0.15, 0.2) is 11.5 Å². The number of hydrogen-bond donors (Lipinski definition) is 2. The Labute approximate surface area is 225 Å². The topological polar surface area (TPSA) is 77.5 Å². The van der Waals surface area contributed by atoms with E-state index in [1.807, 2.05) is 26.8 Å². The van der Waals surface area contributed by atoms with Gasteiger partial charge in [0.25, 0.3) is 0 Å². The average Bonchev–Trinajstić information content (AvgIpc) is 3.42. The van der Waals surface area contributed by atoms with Gasteiger partial charge >= 0.3 is 0 Å². The highest BCUT2D eigenvalue weighted by Gasteiger charge is 2.17. The lowest BCUT2D eigenvalue weighted by Gasteiger charge is -2.21. The molecule has 7 nitrogen and oxygen atoms in total. The van der Waals surface area contributed by atoms with Crippen LogP contribution < -0.4 is 20.1 Å². The standard InChI is InChI=1S/C25H32Cl2N4O3.C2H6/c1-3-33-20(15-29-18-6-4-5-7-18)16-34-24-12-13-28-17-30-25(11-10-23(24)32-2)31-19-8-9-21(26)22(27)14-19;1-2/h8-14,17-18,20,29H,3-7,15-16H2,1-2H3,(H,28,30,31);1-2H3. The molecule has 1 aromatic heterocycles. The molecule has 0 spiro atoms. The van der Waals surface area contributed by atoms with Crippen molar-refractivity contribution in [1.29, 1.82) is 0 Å². The normalized spacial score (nSPS) is 13.7. The van der Waals surface area contributed by atoms with Crippen molar-refractivity contribution in [3.63, 3.8) is 0 Å². The van der Waals surface area contributed by atoms with Crippen molar-refractivity contribution in [2.45, 2.75) is 58.6 Å². The average molecular weight is 538 g/mol. The van der Waals surface area contributed by atoms with E-state index in [1.165, 1.54) is 32.0 Å². The minimum Gasteiger partial charge on any atom is -0.493 e. The molecule has 2 N–H and O–H groups in total. The van der Waals surface area contributed by atoms with E-state index >= 15 is 0 Å². The van der Waals surface area contributed by atoms with Crippen LogP contribution in [0.4, 0.5) is 11.5 Å². The SMILES string of the molecule is CC.CCOC(CNC1CCCC1)COc1ccncnc(Nc2ccc(Cl)c(Cl)c2)ccc1OC. The number of methoxy groups -OCH3 is 1. The van der Waals surface area contributed by atoms with Gasteiger partial charge in [0.1, 0.15) is 24.9 Å². The van der Waals surface area contributed by atoms with Gasteiger partial charge < -0.3 is 24.8 Å². The predicted molar refractivity (Wildman–Crippen MR) is 148 cm³/mol. The summed E-state index contributed by atoms with van der Waals surface area (Å²) in [5, 5.41) is 7.73. The van der Waals surface area contributed by atoms with E-state index in [0.29, 0.717) is 46.6 Å². The highest BCUT2D eigenvalue weighted by atomic mass is 35.5. The van der Waals surface area contributed by atoms with Crippen LogP contribution in [-0.4, -0.2) is 49.0 Å². The molecule has 1 unspecified atom stereocenters. The largest absolute Gasteiger partial charge is 0.493 e. The first kappa shape index (κ1) is 29.9. The number of nitrogens with zero attached hydrogens (tertiary/aromatic N) is 2. The third-order valence-corrected chi connectivity index (χ3v) is 6.18. The summed E-state index contributed by atoms with van der Waals surface area (Å²) < 4.78 is 17.6. The maximum Gasteiger partial charge on any atom is 0.162 e. The minimum absolute atomic E-state index is 0.0686. The molecule has 0 aliphatic heterocycles. The summed E-state index contributed by atoms with van der Waals surface area (Å²) in [5.41, 5.74) is 0.743. The molecule has 1 heterocycles. The summed E-state index contributed by atoms with van der Waals surface area (Å²) in [6.45, 7) is 7.75. The van der Waals surface area contributed by atoms with E-state index in [0.717, 1.165) is 12.2 Å². The lowest BCUT2D eigenvalue weighted by molar-refractivity contribution is 0.0260. The Kier molecular flexibility index (Phi) is 14.3. The van der Waals surface area contributed by atoms with Crippen molar-refractivity contribution in [2.75, 3.05) is 32.2 Å². The second-order valence-electron chi connectivity index (χ2n) is 7.89. The Morgan fingerprint density at radius 3 is 2.50 bits per heavy atom. The van der Waals surface area contributed by atoms with Gasteiger partial charge in [0, 0.05) is 37.1 Å². The zero-order valence-electron chi connectivity index (χ0n) is 21.6. The van der Waals surface area contributed by atoms with Gasteiger partial charge in [-0.25, -0.2) is 9.97 Å². The Morgan fingerprint density at radius 1 is 1.03 bits per heavy atom. The van der Waals surface area contributed by atoms with Crippen molar-refractivity contribution < 1.29 is 14.2 Å². The van der Waals surface area contributed by atoms with Gasteiger partial charge in [-0.15, -0.1) is 0 Å². The zero-order valence-corrected chi connectivity index (χ0v) is 23.1. The molecule has 0 bridgehead atoms. The van der Waals surface area contributed by atoms with Crippen LogP contribution in [0.15, 0.2) is 48.9 Å². The van der Waals surface area contributed by atoms with E-state index < -0.39 is 0 Å². The summed E-state index contributed by atoms with van der Waals surface area (Å²) in [6, 6.07) is 11.1. The third kappa shape index (κ3) is 10.3. The van der Waals surface area contributed by atoms with E-state index in [1.54, 1.807) is 43.6 Å². The van der Waals surface area contributed by atoms with Crippen LogP contribution >= 0.6 is 23.2 Å². The molecule has 0 saturated heterocycles. The molecule has 1 aliphatic rings. The second-order valence-corrected chi connectivity index (χ2v) is 8.71. The number of ether oxygens (including phenoxy) is 3. The van der Waals surface area contributed by atoms with Crippen molar-refractivity contribution in [3.8, 4) is 11.5 Å². The van der Waals surface area contributed by atoms with Crippen LogP contribution in [0.25, 0.3) is 0 Å². The molecular weight excluding hydrogens is 499 g/mol. The maximum atomic E-state index is 6.12. The predicted octanol–water partition coefficient (Wildman–Crippen LogP) is 7.00. The number of nitrogens with one attached hydrogen (secondary N) is 2. The molecule has 2 aromatic rings. The molecule has 1 saturated carbocycles. The Bertz CT molecular complexity index is 973. The lowest BCUT2D eigenvalue weighted by Crippen LogP contribution is -2.38. The monoisotopic (exact) mass is 536 g/mol. The van der Waals surface area contributed by atoms with Crippen molar-refractivity contribution in [3.05, 3.63) is 59.0 Å². The molecule has 0 radical (unpaired) electrons. The molecule has 9 heteroatoms. The number of aromatic nitrogens is 2. The van der Waals surface area contributed by atoms with Crippen LogP contribution in [0.3, 0.4) is 0 Å². The van der Waals surface area contributed by atoms with Gasteiger partial charge in [-0.05, 0) is 50.1 Å². The first-order chi connectivity index (χ1) is 17.6. The third-order valence-electron chi connectivity index (χ3n) is 5.44. The van der Waals surface area contributed by atoms with Gasteiger partial charge in [-0.2, -0.15) is 0 Å². The molecule has 1 aromatic carbocycles. The van der Waals surface area contributed by atoms with Crippen LogP contribution in [0.2, 0.25) is 10.0 Å². The number of rotatable bonds is 11. The van der Waals surface area contributed by atoms with Gasteiger partial charge in [-0.3, -0.25) is 0 Å². The van der Waals surface area contributed by atoms with Crippen LogP contribution in [0.5, 0.6) is 11.5 Å². The summed E-state index contributed by atoms with van der Waals surface area (Å²) in [4.78, 5) is 8.54. The Balaban J connectivity index is 0.00000222. The number of hydrogen-bond acceptors (Lipinski definition) is 7. The Hall–Kier alpha value is -2.32. The first-order valence-corrected chi connectivity index (χ1v) is 13.3. The molecular formula is C27H38Cl2N4O3. The molecule has 1 atom stereocenters. The smallest absolute Gasteiger partial charge is 0.162 e. The summed E-state index contributed by atoms with van der Waals surface area (Å²) in [6.07, 6.45) is 8.03. The fourth-order valence-electron chi connectivity index (χ4n) is 3.70. The highest BCUT2D eigenvalue weighted by Crippen LogP contribution is 2.28. The molecule has 198 valence electrons. The first-order valence-electron chi connectivity index (χ1n) is 12.5. The van der Waals surface area contributed by atoms with E-state index in [4.69, 9.17) is 37.4 Å². The maximum absolute atomic E-state index is 6.12. The fourth-order valence-corrected chi connectivity index (χ4v) is 4.00. The minimum atomic E-state index is -0.0686. The number of halogens is 2. The fraction of sp³-hybridized carbons (Fsp3) is 0.481. The highest BCUT2D eigenvalue weighted by molar-refractivity contribution is 6.42.